The highest BCUT2D eigenvalue weighted by Gasteiger charge is 1.98. The van der Waals surface area contributed by atoms with Crippen LogP contribution in [0.2, 0.25) is 0 Å². The van der Waals surface area contributed by atoms with Crippen molar-refractivity contribution in [2.45, 2.75) is 0 Å². The van der Waals surface area contributed by atoms with E-state index >= 15 is 0 Å². The number of ether oxygens (including phenoxy) is 1. The van der Waals surface area contributed by atoms with Gasteiger partial charge < -0.3 is 4.74 Å². The average molecular weight is 174 g/mol. The van der Waals surface area contributed by atoms with Crippen LogP contribution in [0.5, 0.6) is 5.75 Å². The van der Waals surface area contributed by atoms with Crippen LogP contribution in [-0.4, -0.2) is 5.97 Å². The fourth-order valence-corrected chi connectivity index (χ4v) is 0.863. The predicted molar refractivity (Wildman–Crippen MR) is 52.4 cm³/mol. The van der Waals surface area contributed by atoms with Gasteiger partial charge in [0, 0.05) is 6.08 Å². The van der Waals surface area contributed by atoms with Crippen LogP contribution in [0.1, 0.15) is 5.56 Å². The van der Waals surface area contributed by atoms with E-state index in [1.165, 1.54) is 0 Å². The van der Waals surface area contributed by atoms with Crippen molar-refractivity contribution in [3.8, 4) is 5.75 Å². The molecule has 0 aromatic heterocycles. The van der Waals surface area contributed by atoms with Crippen molar-refractivity contribution < 1.29 is 9.53 Å². The number of rotatable bonds is 3. The second-order valence-electron chi connectivity index (χ2n) is 2.40. The fraction of sp³-hybridized carbons (Fsp3) is 0. The van der Waals surface area contributed by atoms with Gasteiger partial charge in [0.1, 0.15) is 5.75 Å². The zero-order chi connectivity index (χ0) is 9.68. The first-order valence-corrected chi connectivity index (χ1v) is 3.83. The fourth-order valence-electron chi connectivity index (χ4n) is 0.863. The summed E-state index contributed by atoms with van der Waals surface area (Å²) in [6.45, 7) is 6.92. The van der Waals surface area contributed by atoms with Gasteiger partial charge in [0.15, 0.2) is 0 Å². The Labute approximate surface area is 77.2 Å². The van der Waals surface area contributed by atoms with Crippen molar-refractivity contribution in [1.82, 2.24) is 0 Å². The van der Waals surface area contributed by atoms with Gasteiger partial charge in [0.05, 0.1) is 0 Å². The highest BCUT2D eigenvalue weighted by molar-refractivity contribution is 5.83. The van der Waals surface area contributed by atoms with Crippen LogP contribution in [0.4, 0.5) is 0 Å². The molecular weight excluding hydrogens is 164 g/mol. The van der Waals surface area contributed by atoms with E-state index in [2.05, 4.69) is 13.2 Å². The molecule has 0 saturated heterocycles. The summed E-state index contributed by atoms with van der Waals surface area (Å²) >= 11 is 0. The molecule has 66 valence electrons. The molecule has 0 atom stereocenters. The van der Waals surface area contributed by atoms with Crippen LogP contribution in [0, 0.1) is 0 Å². The van der Waals surface area contributed by atoms with Crippen LogP contribution in [-0.2, 0) is 4.79 Å². The molecule has 2 nitrogen and oxygen atoms in total. The zero-order valence-corrected chi connectivity index (χ0v) is 7.19. The Morgan fingerprint density at radius 1 is 1.38 bits per heavy atom. The lowest BCUT2D eigenvalue weighted by Gasteiger charge is -2.01. The van der Waals surface area contributed by atoms with Crippen molar-refractivity contribution >= 4 is 12.0 Å². The van der Waals surface area contributed by atoms with Gasteiger partial charge in [-0.25, -0.2) is 4.79 Å². The van der Waals surface area contributed by atoms with Crippen LogP contribution in [0.3, 0.4) is 0 Å². The van der Waals surface area contributed by atoms with Gasteiger partial charge in [-0.2, -0.15) is 0 Å². The lowest BCUT2D eigenvalue weighted by Crippen LogP contribution is -2.02. The standard InChI is InChI=1S/C11H10O2/c1-3-9-6-5-7-10(8-9)13-11(12)4-2/h3-8H,1-2H2. The minimum Gasteiger partial charge on any atom is -0.423 e. The first kappa shape index (κ1) is 9.26. The lowest BCUT2D eigenvalue weighted by atomic mass is 10.2. The van der Waals surface area contributed by atoms with E-state index < -0.39 is 5.97 Å². The lowest BCUT2D eigenvalue weighted by molar-refractivity contribution is -0.128. The van der Waals surface area contributed by atoms with E-state index in [1.807, 2.05) is 6.07 Å². The Hall–Kier alpha value is -1.83. The number of benzene rings is 1. The van der Waals surface area contributed by atoms with Gasteiger partial charge in [0.25, 0.3) is 0 Å². The molecule has 0 saturated carbocycles. The van der Waals surface area contributed by atoms with Crippen molar-refractivity contribution in [2.75, 3.05) is 0 Å². The van der Waals surface area contributed by atoms with E-state index in [9.17, 15) is 4.79 Å². The molecule has 2 heteroatoms. The van der Waals surface area contributed by atoms with Gasteiger partial charge in [-0.15, -0.1) is 0 Å². The van der Waals surface area contributed by atoms with Crippen LogP contribution in [0.25, 0.3) is 6.08 Å². The third-order valence-corrected chi connectivity index (χ3v) is 1.48. The summed E-state index contributed by atoms with van der Waals surface area (Å²) in [6, 6.07) is 7.10. The molecule has 0 aliphatic rings. The maximum atomic E-state index is 10.8. The second kappa shape index (κ2) is 4.26. The predicted octanol–water partition coefficient (Wildman–Crippen LogP) is 2.42. The van der Waals surface area contributed by atoms with Crippen LogP contribution < -0.4 is 4.74 Å². The molecule has 0 fully saturated rings. The maximum Gasteiger partial charge on any atom is 0.335 e. The zero-order valence-electron chi connectivity index (χ0n) is 7.19. The number of carbonyl (C=O) groups excluding carboxylic acids is 1. The Kier molecular flexibility index (Phi) is 3.03. The topological polar surface area (TPSA) is 26.3 Å². The normalized spacial score (nSPS) is 8.92. The summed E-state index contributed by atoms with van der Waals surface area (Å²) in [5, 5.41) is 0. The van der Waals surface area contributed by atoms with Gasteiger partial charge >= 0.3 is 5.97 Å². The van der Waals surface area contributed by atoms with Crippen molar-refractivity contribution in [1.29, 1.82) is 0 Å². The van der Waals surface area contributed by atoms with Crippen LogP contribution >= 0.6 is 0 Å². The minimum atomic E-state index is -0.457. The highest BCUT2D eigenvalue weighted by atomic mass is 16.5. The van der Waals surface area contributed by atoms with Gasteiger partial charge in [-0.1, -0.05) is 31.4 Å². The summed E-state index contributed by atoms with van der Waals surface area (Å²) in [5.74, 6) is 0.0449. The largest absolute Gasteiger partial charge is 0.423 e. The molecule has 0 heterocycles. The average Bonchev–Trinajstić information content (AvgIpc) is 2.18. The molecular formula is C11H10O2. The summed E-state index contributed by atoms with van der Waals surface area (Å²) < 4.78 is 4.90. The second-order valence-corrected chi connectivity index (χ2v) is 2.40. The summed E-state index contributed by atoms with van der Waals surface area (Å²) in [6.07, 6.45) is 2.81. The number of hydrogen-bond donors (Lipinski definition) is 0. The van der Waals surface area contributed by atoms with Crippen molar-refractivity contribution in [3.05, 3.63) is 49.1 Å². The van der Waals surface area contributed by atoms with Crippen molar-refractivity contribution in [3.63, 3.8) is 0 Å². The number of carbonyl (C=O) groups is 1. The quantitative estimate of drug-likeness (QED) is 0.399. The molecule has 0 N–H and O–H groups in total. The Morgan fingerprint density at radius 3 is 2.77 bits per heavy atom. The molecule has 1 aromatic carbocycles. The van der Waals surface area contributed by atoms with Crippen LogP contribution in [0.15, 0.2) is 43.5 Å². The Balaban J connectivity index is 2.83. The summed E-state index contributed by atoms with van der Waals surface area (Å²) in [7, 11) is 0. The van der Waals surface area contributed by atoms with Gasteiger partial charge in [0.2, 0.25) is 0 Å². The van der Waals surface area contributed by atoms with E-state index in [1.54, 1.807) is 24.3 Å². The molecule has 0 spiro atoms. The summed E-state index contributed by atoms with van der Waals surface area (Å²) in [4.78, 5) is 10.8. The monoisotopic (exact) mass is 174 g/mol. The molecule has 1 rings (SSSR count). The first-order chi connectivity index (χ1) is 6.26. The van der Waals surface area contributed by atoms with Crippen molar-refractivity contribution in [2.24, 2.45) is 0 Å². The smallest absolute Gasteiger partial charge is 0.335 e. The molecule has 0 bridgehead atoms. The Bertz CT molecular complexity index is 340. The van der Waals surface area contributed by atoms with E-state index in [0.29, 0.717) is 5.75 Å². The van der Waals surface area contributed by atoms with Gasteiger partial charge in [-0.05, 0) is 17.7 Å². The molecule has 0 amide bonds. The van der Waals surface area contributed by atoms with E-state index in [4.69, 9.17) is 4.74 Å². The highest BCUT2D eigenvalue weighted by Crippen LogP contribution is 2.13. The minimum absolute atomic E-state index is 0.457. The molecule has 0 radical (unpaired) electrons. The summed E-state index contributed by atoms with van der Waals surface area (Å²) in [5.41, 5.74) is 0.911. The third kappa shape index (κ3) is 2.60. The molecule has 1 aromatic rings. The molecule has 13 heavy (non-hydrogen) atoms. The maximum absolute atomic E-state index is 10.8. The SMILES string of the molecule is C=CC(=O)Oc1cccc(C=C)c1. The molecule has 0 aliphatic heterocycles. The first-order valence-electron chi connectivity index (χ1n) is 3.83. The Morgan fingerprint density at radius 2 is 2.15 bits per heavy atom. The third-order valence-electron chi connectivity index (χ3n) is 1.48. The number of esters is 1. The molecule has 0 unspecified atom stereocenters. The van der Waals surface area contributed by atoms with Gasteiger partial charge in [-0.3, -0.25) is 0 Å². The molecule has 0 aliphatic carbocycles. The van der Waals surface area contributed by atoms with E-state index in [-0.39, 0.29) is 0 Å². The van der Waals surface area contributed by atoms with E-state index in [0.717, 1.165) is 11.6 Å². The number of hydrogen-bond acceptors (Lipinski definition) is 2.